The molecule has 2 aromatic carbocycles. The normalized spacial score (nSPS) is 19.4. The van der Waals surface area contributed by atoms with Crippen molar-refractivity contribution in [1.29, 1.82) is 0 Å². The number of benzene rings is 2. The molecule has 25 heavy (non-hydrogen) atoms. The maximum absolute atomic E-state index is 12.9. The van der Waals surface area contributed by atoms with Gasteiger partial charge in [0.2, 0.25) is 6.79 Å². The molecule has 0 saturated carbocycles. The average Bonchev–Trinajstić information content (AvgIpc) is 3.21. The molecule has 1 unspecified atom stereocenters. The fourth-order valence-corrected chi connectivity index (χ4v) is 4.10. The molecule has 6 heteroatoms. The first-order valence-electron chi connectivity index (χ1n) is 8.21. The van der Waals surface area contributed by atoms with Crippen LogP contribution < -0.4 is 18.9 Å². The second kappa shape index (κ2) is 5.05. The lowest BCUT2D eigenvalue weighted by Gasteiger charge is -2.33. The van der Waals surface area contributed by atoms with Crippen LogP contribution in [0.3, 0.4) is 0 Å². The molecule has 128 valence electrons. The van der Waals surface area contributed by atoms with E-state index >= 15 is 0 Å². The zero-order valence-electron chi connectivity index (χ0n) is 14.0. The quantitative estimate of drug-likeness (QED) is 0.842. The highest BCUT2D eigenvalue weighted by Gasteiger charge is 2.44. The molecule has 0 N–H and O–H groups in total. The molecule has 1 amide bonds. The Morgan fingerprint density at radius 2 is 1.92 bits per heavy atom. The van der Waals surface area contributed by atoms with Crippen molar-refractivity contribution in [1.82, 2.24) is 4.90 Å². The van der Waals surface area contributed by atoms with Crippen LogP contribution in [0.5, 0.6) is 23.0 Å². The number of amides is 1. The third-order valence-corrected chi connectivity index (χ3v) is 5.21. The number of hydrogen-bond acceptors (Lipinski definition) is 5. The molecule has 0 aliphatic carbocycles. The van der Waals surface area contributed by atoms with Crippen LogP contribution in [0.1, 0.15) is 33.1 Å². The molecule has 0 radical (unpaired) electrons. The van der Waals surface area contributed by atoms with E-state index in [1.54, 1.807) is 20.3 Å². The minimum atomic E-state index is -0.189. The molecule has 0 bridgehead atoms. The van der Waals surface area contributed by atoms with E-state index in [1.165, 1.54) is 5.56 Å². The molecule has 3 heterocycles. The zero-order valence-corrected chi connectivity index (χ0v) is 14.0. The van der Waals surface area contributed by atoms with Gasteiger partial charge in [0, 0.05) is 17.7 Å². The van der Waals surface area contributed by atoms with Gasteiger partial charge in [-0.1, -0.05) is 0 Å². The highest BCUT2D eigenvalue weighted by molar-refractivity contribution is 6.01. The topological polar surface area (TPSA) is 57.2 Å². The number of rotatable bonds is 2. The lowest BCUT2D eigenvalue weighted by molar-refractivity contribution is 0.0739. The Labute approximate surface area is 144 Å². The molecule has 0 aromatic heterocycles. The first-order valence-corrected chi connectivity index (χ1v) is 8.21. The van der Waals surface area contributed by atoms with Gasteiger partial charge in [0.25, 0.3) is 5.91 Å². The summed E-state index contributed by atoms with van der Waals surface area (Å²) in [6.07, 6.45) is 0.793. The van der Waals surface area contributed by atoms with Gasteiger partial charge in [0.15, 0.2) is 23.0 Å². The lowest BCUT2D eigenvalue weighted by Crippen LogP contribution is -2.35. The van der Waals surface area contributed by atoms with E-state index in [9.17, 15) is 4.79 Å². The Balaban J connectivity index is 1.76. The third kappa shape index (κ3) is 1.82. The monoisotopic (exact) mass is 339 g/mol. The number of ether oxygens (including phenoxy) is 4. The molecule has 0 saturated heterocycles. The summed E-state index contributed by atoms with van der Waals surface area (Å²) in [5.41, 5.74) is 3.78. The fourth-order valence-electron chi connectivity index (χ4n) is 4.10. The molecule has 3 aliphatic rings. The highest BCUT2D eigenvalue weighted by atomic mass is 16.7. The van der Waals surface area contributed by atoms with Crippen molar-refractivity contribution in [2.45, 2.75) is 12.5 Å². The number of methoxy groups -OCH3 is 2. The van der Waals surface area contributed by atoms with Crippen LogP contribution >= 0.6 is 0 Å². The van der Waals surface area contributed by atoms with Crippen molar-refractivity contribution in [2.24, 2.45) is 0 Å². The molecule has 0 spiro atoms. The van der Waals surface area contributed by atoms with E-state index < -0.39 is 0 Å². The highest BCUT2D eigenvalue weighted by Crippen LogP contribution is 2.51. The van der Waals surface area contributed by atoms with Crippen LogP contribution in [-0.4, -0.2) is 38.4 Å². The Bertz CT molecular complexity index is 907. The van der Waals surface area contributed by atoms with Crippen molar-refractivity contribution in [3.63, 3.8) is 0 Å². The van der Waals surface area contributed by atoms with Gasteiger partial charge in [-0.2, -0.15) is 0 Å². The van der Waals surface area contributed by atoms with Crippen LogP contribution in [0.25, 0.3) is 0 Å². The van der Waals surface area contributed by atoms with Gasteiger partial charge in [-0.3, -0.25) is 4.79 Å². The van der Waals surface area contributed by atoms with Crippen LogP contribution in [0, 0.1) is 0 Å². The van der Waals surface area contributed by atoms with Crippen molar-refractivity contribution >= 4 is 5.91 Å². The van der Waals surface area contributed by atoms with Crippen LogP contribution in [0.4, 0.5) is 0 Å². The standard InChI is InChI=1S/C19H17NO5/c1-22-13-4-3-11-16(18(13)23-2)17-12-8-15-14(24-9-25-15)7-10(12)5-6-20(17)19(11)21/h3-4,7-8,17H,5-6,9H2,1-2H3. The summed E-state index contributed by atoms with van der Waals surface area (Å²) in [5.74, 6) is 2.78. The first kappa shape index (κ1) is 14.5. The van der Waals surface area contributed by atoms with E-state index in [1.807, 2.05) is 23.1 Å². The fraction of sp³-hybridized carbons (Fsp3) is 0.316. The average molecular weight is 339 g/mol. The second-order valence-corrected chi connectivity index (χ2v) is 6.32. The van der Waals surface area contributed by atoms with Gasteiger partial charge < -0.3 is 23.8 Å². The predicted octanol–water partition coefficient (Wildman–Crippen LogP) is 2.53. The molecule has 6 nitrogen and oxygen atoms in total. The van der Waals surface area contributed by atoms with Gasteiger partial charge in [-0.25, -0.2) is 0 Å². The first-order chi connectivity index (χ1) is 12.2. The summed E-state index contributed by atoms with van der Waals surface area (Å²) in [6.45, 7) is 0.898. The van der Waals surface area contributed by atoms with E-state index in [-0.39, 0.29) is 18.7 Å². The van der Waals surface area contributed by atoms with Gasteiger partial charge >= 0.3 is 0 Å². The van der Waals surface area contributed by atoms with E-state index in [0.717, 1.165) is 29.0 Å². The summed E-state index contributed by atoms with van der Waals surface area (Å²) < 4.78 is 22.1. The van der Waals surface area contributed by atoms with E-state index in [2.05, 4.69) is 0 Å². The predicted molar refractivity (Wildman–Crippen MR) is 88.7 cm³/mol. The summed E-state index contributed by atoms with van der Waals surface area (Å²) in [6, 6.07) is 7.45. The van der Waals surface area contributed by atoms with Crippen LogP contribution in [-0.2, 0) is 6.42 Å². The van der Waals surface area contributed by atoms with Crippen molar-refractivity contribution in [2.75, 3.05) is 27.6 Å². The molecule has 1 atom stereocenters. The molecular formula is C19H17NO5. The van der Waals surface area contributed by atoms with Crippen LogP contribution in [0.2, 0.25) is 0 Å². The number of hydrogen-bond donors (Lipinski definition) is 0. The number of fused-ring (bicyclic) bond motifs is 6. The number of carbonyl (C=O) groups excluding carboxylic acids is 1. The largest absolute Gasteiger partial charge is 0.493 e. The second-order valence-electron chi connectivity index (χ2n) is 6.32. The number of nitrogens with zero attached hydrogens (tertiary/aromatic N) is 1. The molecule has 0 fully saturated rings. The minimum absolute atomic E-state index is 0.0317. The van der Waals surface area contributed by atoms with E-state index in [4.69, 9.17) is 18.9 Å². The molecule has 3 aliphatic heterocycles. The summed E-state index contributed by atoms with van der Waals surface area (Å²) in [5, 5.41) is 0. The van der Waals surface area contributed by atoms with Gasteiger partial charge in [-0.05, 0) is 41.8 Å². The molecule has 2 aromatic rings. The Morgan fingerprint density at radius 1 is 1.12 bits per heavy atom. The van der Waals surface area contributed by atoms with Crippen molar-refractivity contribution in [3.05, 3.63) is 46.5 Å². The van der Waals surface area contributed by atoms with Crippen molar-refractivity contribution < 1.29 is 23.7 Å². The maximum atomic E-state index is 12.9. The minimum Gasteiger partial charge on any atom is -0.493 e. The lowest BCUT2D eigenvalue weighted by atomic mass is 9.89. The Kier molecular flexibility index (Phi) is 2.92. The summed E-state index contributed by atoms with van der Waals surface area (Å²) >= 11 is 0. The maximum Gasteiger partial charge on any atom is 0.255 e. The SMILES string of the molecule is COc1ccc2c(c1OC)C1c3cc4c(cc3CCN1C2=O)OCO4. The summed E-state index contributed by atoms with van der Waals surface area (Å²) in [4.78, 5) is 14.8. The Morgan fingerprint density at radius 3 is 2.68 bits per heavy atom. The van der Waals surface area contributed by atoms with Crippen molar-refractivity contribution in [3.8, 4) is 23.0 Å². The van der Waals surface area contributed by atoms with Crippen LogP contribution in [0.15, 0.2) is 24.3 Å². The van der Waals surface area contributed by atoms with Gasteiger partial charge in [-0.15, -0.1) is 0 Å². The van der Waals surface area contributed by atoms with Gasteiger partial charge in [0.1, 0.15) is 0 Å². The van der Waals surface area contributed by atoms with E-state index in [0.29, 0.717) is 23.6 Å². The molecular weight excluding hydrogens is 322 g/mol. The van der Waals surface area contributed by atoms with Gasteiger partial charge in [0.05, 0.1) is 20.3 Å². The number of carbonyl (C=O) groups is 1. The molecule has 5 rings (SSSR count). The smallest absolute Gasteiger partial charge is 0.255 e. The third-order valence-electron chi connectivity index (χ3n) is 5.21. The summed E-state index contributed by atoms with van der Waals surface area (Å²) in [7, 11) is 3.21. The zero-order chi connectivity index (χ0) is 17.1. The Hall–Kier alpha value is -2.89.